The molecule has 2 nitrogen and oxygen atoms in total. The molecule has 1 N–H and O–H groups in total. The average molecular weight is 255 g/mol. The Hall–Kier alpha value is -0.860. The first-order chi connectivity index (χ1) is 8.19. The zero-order chi connectivity index (χ0) is 12.7. The molecule has 1 aromatic carbocycles. The van der Waals surface area contributed by atoms with Crippen LogP contribution in [0.15, 0.2) is 24.3 Å². The summed E-state index contributed by atoms with van der Waals surface area (Å²) in [4.78, 5) is 10.4. The largest absolute Gasteiger partial charge is 0.396 e. The standard InChI is InChI=1S/C14H19ClO2/c1-11(10-17)9-12-5-2-3-6-13(12)14(15)7-4-8-16/h2-3,5-6,8,11,14,17H,4,7,9-10H2,1H3. The highest BCUT2D eigenvalue weighted by Gasteiger charge is 2.13. The van der Waals surface area contributed by atoms with Gasteiger partial charge in [0, 0.05) is 13.0 Å². The van der Waals surface area contributed by atoms with E-state index in [-0.39, 0.29) is 17.9 Å². The molecule has 2 unspecified atom stereocenters. The summed E-state index contributed by atoms with van der Waals surface area (Å²) in [5.41, 5.74) is 2.25. The maximum absolute atomic E-state index is 10.4. The highest BCUT2D eigenvalue weighted by molar-refractivity contribution is 6.20. The molecule has 0 radical (unpaired) electrons. The molecule has 1 aromatic rings. The first kappa shape index (κ1) is 14.2. The molecule has 1 rings (SSSR count). The van der Waals surface area contributed by atoms with Crippen LogP contribution < -0.4 is 0 Å². The molecule has 0 bridgehead atoms. The van der Waals surface area contributed by atoms with Crippen LogP contribution in [0.5, 0.6) is 0 Å². The smallest absolute Gasteiger partial charge is 0.120 e. The fraction of sp³-hybridized carbons (Fsp3) is 0.500. The van der Waals surface area contributed by atoms with Gasteiger partial charge in [0.15, 0.2) is 0 Å². The van der Waals surface area contributed by atoms with Gasteiger partial charge in [0.05, 0.1) is 5.38 Å². The Balaban J connectivity index is 2.79. The van der Waals surface area contributed by atoms with Gasteiger partial charge < -0.3 is 9.90 Å². The molecule has 94 valence electrons. The Bertz CT molecular complexity index is 352. The Morgan fingerprint density at radius 3 is 2.76 bits per heavy atom. The lowest BCUT2D eigenvalue weighted by Crippen LogP contribution is -2.07. The number of alkyl halides is 1. The number of halogens is 1. The number of hydrogen-bond acceptors (Lipinski definition) is 2. The van der Waals surface area contributed by atoms with Crippen LogP contribution in [-0.2, 0) is 11.2 Å². The van der Waals surface area contributed by atoms with E-state index in [1.54, 1.807) is 0 Å². The fourth-order valence-corrected chi connectivity index (χ4v) is 2.17. The second kappa shape index (κ2) is 7.46. The normalized spacial score (nSPS) is 14.3. The van der Waals surface area contributed by atoms with Crippen LogP contribution in [0, 0.1) is 5.92 Å². The van der Waals surface area contributed by atoms with Crippen molar-refractivity contribution in [2.75, 3.05) is 6.61 Å². The Morgan fingerprint density at radius 1 is 1.41 bits per heavy atom. The topological polar surface area (TPSA) is 37.3 Å². The van der Waals surface area contributed by atoms with Crippen LogP contribution in [0.4, 0.5) is 0 Å². The number of rotatable bonds is 7. The van der Waals surface area contributed by atoms with Crippen molar-refractivity contribution in [3.8, 4) is 0 Å². The highest BCUT2D eigenvalue weighted by atomic mass is 35.5. The van der Waals surface area contributed by atoms with Crippen LogP contribution in [-0.4, -0.2) is 18.0 Å². The monoisotopic (exact) mass is 254 g/mol. The molecular formula is C14H19ClO2. The third-order valence-corrected chi connectivity index (χ3v) is 3.26. The number of benzene rings is 1. The van der Waals surface area contributed by atoms with Crippen LogP contribution in [0.3, 0.4) is 0 Å². The van der Waals surface area contributed by atoms with Crippen molar-refractivity contribution in [1.82, 2.24) is 0 Å². The number of carbonyl (C=O) groups is 1. The molecule has 0 aromatic heterocycles. The summed E-state index contributed by atoms with van der Waals surface area (Å²) in [6.07, 6.45) is 2.86. The number of hydrogen-bond donors (Lipinski definition) is 1. The van der Waals surface area contributed by atoms with Crippen molar-refractivity contribution in [1.29, 1.82) is 0 Å². The van der Waals surface area contributed by atoms with Gasteiger partial charge in [-0.1, -0.05) is 31.2 Å². The molecule has 0 aliphatic heterocycles. The minimum absolute atomic E-state index is 0.123. The fourth-order valence-electron chi connectivity index (χ4n) is 1.84. The summed E-state index contributed by atoms with van der Waals surface area (Å²) >= 11 is 6.30. The van der Waals surface area contributed by atoms with Gasteiger partial charge >= 0.3 is 0 Å². The van der Waals surface area contributed by atoms with Gasteiger partial charge in [0.2, 0.25) is 0 Å². The molecule has 0 saturated carbocycles. The zero-order valence-corrected chi connectivity index (χ0v) is 10.9. The number of aldehydes is 1. The van der Waals surface area contributed by atoms with E-state index in [0.717, 1.165) is 18.3 Å². The van der Waals surface area contributed by atoms with Crippen LogP contribution in [0.2, 0.25) is 0 Å². The Morgan fingerprint density at radius 2 is 2.12 bits per heavy atom. The van der Waals surface area contributed by atoms with Crippen molar-refractivity contribution in [2.24, 2.45) is 5.92 Å². The van der Waals surface area contributed by atoms with Crippen LogP contribution >= 0.6 is 11.6 Å². The maximum Gasteiger partial charge on any atom is 0.120 e. The predicted molar refractivity (Wildman–Crippen MR) is 70.3 cm³/mol. The maximum atomic E-state index is 10.4. The first-order valence-electron chi connectivity index (χ1n) is 5.95. The van der Waals surface area contributed by atoms with Crippen molar-refractivity contribution in [3.05, 3.63) is 35.4 Å². The SMILES string of the molecule is CC(CO)Cc1ccccc1C(Cl)CCC=O. The van der Waals surface area contributed by atoms with Gasteiger partial charge in [-0.2, -0.15) is 0 Å². The zero-order valence-electron chi connectivity index (χ0n) is 10.1. The van der Waals surface area contributed by atoms with Crippen molar-refractivity contribution >= 4 is 17.9 Å². The average Bonchev–Trinajstić information content (AvgIpc) is 2.36. The minimum Gasteiger partial charge on any atom is -0.396 e. The molecule has 0 aliphatic carbocycles. The number of aliphatic hydroxyl groups excluding tert-OH is 1. The van der Waals surface area contributed by atoms with Gasteiger partial charge in [-0.15, -0.1) is 11.6 Å². The van der Waals surface area contributed by atoms with E-state index in [2.05, 4.69) is 0 Å². The quantitative estimate of drug-likeness (QED) is 0.600. The van der Waals surface area contributed by atoms with Crippen LogP contribution in [0.25, 0.3) is 0 Å². The van der Waals surface area contributed by atoms with E-state index in [1.165, 1.54) is 5.56 Å². The van der Waals surface area contributed by atoms with Gasteiger partial charge in [0.1, 0.15) is 6.29 Å². The molecular weight excluding hydrogens is 236 g/mol. The Labute approximate surface area is 108 Å². The third kappa shape index (κ3) is 4.49. The van der Waals surface area contributed by atoms with Crippen LogP contribution in [0.1, 0.15) is 36.3 Å². The predicted octanol–water partition coefficient (Wildman–Crippen LogP) is 3.12. The molecule has 0 amide bonds. The van der Waals surface area contributed by atoms with Gasteiger partial charge in [-0.3, -0.25) is 0 Å². The second-order valence-corrected chi connectivity index (χ2v) is 4.93. The van der Waals surface area contributed by atoms with E-state index in [0.29, 0.717) is 12.8 Å². The summed E-state index contributed by atoms with van der Waals surface area (Å²) in [6, 6.07) is 7.98. The van der Waals surface area contributed by atoms with Gasteiger partial charge in [-0.25, -0.2) is 0 Å². The van der Waals surface area contributed by atoms with Crippen molar-refractivity contribution in [2.45, 2.75) is 31.6 Å². The minimum atomic E-state index is -0.123. The summed E-state index contributed by atoms with van der Waals surface area (Å²) in [5.74, 6) is 0.228. The first-order valence-corrected chi connectivity index (χ1v) is 6.39. The summed E-state index contributed by atoms with van der Waals surface area (Å²) in [7, 11) is 0. The lowest BCUT2D eigenvalue weighted by molar-refractivity contribution is -0.107. The molecule has 0 aliphatic rings. The number of aliphatic hydroxyl groups is 1. The molecule has 0 saturated heterocycles. The molecule has 0 spiro atoms. The summed E-state index contributed by atoms with van der Waals surface area (Å²) < 4.78 is 0. The van der Waals surface area contributed by atoms with Crippen molar-refractivity contribution < 1.29 is 9.90 Å². The van der Waals surface area contributed by atoms with E-state index < -0.39 is 0 Å². The summed E-state index contributed by atoms with van der Waals surface area (Å²) in [5, 5.41) is 8.96. The molecule has 17 heavy (non-hydrogen) atoms. The van der Waals surface area contributed by atoms with Gasteiger partial charge in [-0.05, 0) is 29.9 Å². The lowest BCUT2D eigenvalue weighted by Gasteiger charge is -2.16. The van der Waals surface area contributed by atoms with E-state index in [1.807, 2.05) is 31.2 Å². The van der Waals surface area contributed by atoms with Gasteiger partial charge in [0.25, 0.3) is 0 Å². The summed E-state index contributed by atoms with van der Waals surface area (Å²) in [6.45, 7) is 2.18. The van der Waals surface area contributed by atoms with Crippen molar-refractivity contribution in [3.63, 3.8) is 0 Å². The molecule has 0 heterocycles. The Kier molecular flexibility index (Phi) is 6.23. The van der Waals surface area contributed by atoms with E-state index >= 15 is 0 Å². The van der Waals surface area contributed by atoms with E-state index in [4.69, 9.17) is 16.7 Å². The second-order valence-electron chi connectivity index (χ2n) is 4.40. The highest BCUT2D eigenvalue weighted by Crippen LogP contribution is 2.29. The molecule has 3 heteroatoms. The number of carbonyl (C=O) groups excluding carboxylic acids is 1. The lowest BCUT2D eigenvalue weighted by atomic mass is 9.94. The molecule has 2 atom stereocenters. The van der Waals surface area contributed by atoms with E-state index in [9.17, 15) is 4.79 Å². The molecule has 0 fully saturated rings. The third-order valence-electron chi connectivity index (χ3n) is 2.81.